The van der Waals surface area contributed by atoms with E-state index in [2.05, 4.69) is 22.1 Å². The molecule has 2 aromatic rings. The maximum absolute atomic E-state index is 12.6. The van der Waals surface area contributed by atoms with Crippen molar-refractivity contribution < 1.29 is 13.2 Å². The van der Waals surface area contributed by atoms with E-state index in [0.29, 0.717) is 10.1 Å². The Hall–Kier alpha value is -1.33. The Labute approximate surface area is 175 Å². The molecule has 1 amide bonds. The number of hydrogen-bond acceptors (Lipinski definition) is 7. The summed E-state index contributed by atoms with van der Waals surface area (Å²) in [5.74, 6) is 0.101. The number of aromatic nitrogens is 2. The standard InChI is InChI=1S/C15H16Cl2N4O3S3/c1-4-5-25-15-20-19-14(26-15)18-13(22)9(2)21(27(3,23)24)12-7-10(16)6-11(17)8-12/h4,6-9H,1,5H2,2-3H3,(H,18,19,22)/t9-/m0/s1. The molecule has 1 aromatic heterocycles. The average molecular weight is 467 g/mol. The van der Waals surface area contributed by atoms with Crippen molar-refractivity contribution in [1.82, 2.24) is 10.2 Å². The SMILES string of the molecule is C=CCSc1nnc(NC(=O)[C@H](C)N(c2cc(Cl)cc(Cl)c2)S(C)(=O)=O)s1. The van der Waals surface area contributed by atoms with Gasteiger partial charge in [-0.15, -0.1) is 16.8 Å². The number of hydrogen-bond donors (Lipinski definition) is 1. The van der Waals surface area contributed by atoms with E-state index in [9.17, 15) is 13.2 Å². The summed E-state index contributed by atoms with van der Waals surface area (Å²) < 4.78 is 26.2. The first-order valence-corrected chi connectivity index (χ1v) is 11.9. The van der Waals surface area contributed by atoms with Gasteiger partial charge in [-0.3, -0.25) is 14.4 Å². The van der Waals surface area contributed by atoms with Crippen molar-refractivity contribution in [2.75, 3.05) is 21.6 Å². The Morgan fingerprint density at radius 3 is 2.56 bits per heavy atom. The van der Waals surface area contributed by atoms with E-state index in [1.54, 1.807) is 6.08 Å². The number of carbonyl (C=O) groups is 1. The zero-order valence-corrected chi connectivity index (χ0v) is 18.3. The highest BCUT2D eigenvalue weighted by Gasteiger charge is 2.30. The highest BCUT2D eigenvalue weighted by Crippen LogP contribution is 2.29. The number of nitrogens with one attached hydrogen (secondary N) is 1. The van der Waals surface area contributed by atoms with Gasteiger partial charge in [-0.2, -0.15) is 0 Å². The Kier molecular flexibility index (Phi) is 7.52. The molecule has 0 aliphatic carbocycles. The highest BCUT2D eigenvalue weighted by atomic mass is 35.5. The maximum atomic E-state index is 12.6. The molecule has 146 valence electrons. The lowest BCUT2D eigenvalue weighted by Gasteiger charge is -2.28. The van der Waals surface area contributed by atoms with E-state index in [1.807, 2.05) is 0 Å². The first-order valence-electron chi connectivity index (χ1n) is 7.45. The minimum Gasteiger partial charge on any atom is -0.299 e. The van der Waals surface area contributed by atoms with Crippen LogP contribution in [0, 0.1) is 0 Å². The lowest BCUT2D eigenvalue weighted by atomic mass is 10.2. The largest absolute Gasteiger partial charge is 0.299 e. The summed E-state index contributed by atoms with van der Waals surface area (Å²) in [6.07, 6.45) is 2.73. The minimum atomic E-state index is -3.79. The monoisotopic (exact) mass is 466 g/mol. The molecule has 0 unspecified atom stereocenters. The number of halogens is 2. The van der Waals surface area contributed by atoms with Gasteiger partial charge in [-0.05, 0) is 25.1 Å². The minimum absolute atomic E-state index is 0.192. The lowest BCUT2D eigenvalue weighted by Crippen LogP contribution is -2.45. The Bertz CT molecular complexity index is 929. The number of amides is 1. The summed E-state index contributed by atoms with van der Waals surface area (Å²) in [5, 5.41) is 11.2. The molecule has 12 heteroatoms. The summed E-state index contributed by atoms with van der Waals surface area (Å²) in [4.78, 5) is 12.6. The van der Waals surface area contributed by atoms with Gasteiger partial charge >= 0.3 is 0 Å². The van der Waals surface area contributed by atoms with Crippen LogP contribution in [0.3, 0.4) is 0 Å². The predicted octanol–water partition coefficient (Wildman–Crippen LogP) is 3.92. The van der Waals surface area contributed by atoms with Crippen molar-refractivity contribution in [2.45, 2.75) is 17.3 Å². The van der Waals surface area contributed by atoms with Crippen LogP contribution in [0.2, 0.25) is 10.0 Å². The van der Waals surface area contributed by atoms with Gasteiger partial charge in [0.05, 0.1) is 11.9 Å². The summed E-state index contributed by atoms with van der Waals surface area (Å²) in [6, 6.07) is 3.25. The van der Waals surface area contributed by atoms with Crippen molar-refractivity contribution in [3.05, 3.63) is 40.9 Å². The highest BCUT2D eigenvalue weighted by molar-refractivity contribution is 8.01. The first kappa shape index (κ1) is 22.0. The van der Waals surface area contributed by atoms with Crippen LogP contribution in [0.4, 0.5) is 10.8 Å². The number of carbonyl (C=O) groups excluding carboxylic acids is 1. The number of thioether (sulfide) groups is 1. The fourth-order valence-electron chi connectivity index (χ4n) is 2.13. The van der Waals surface area contributed by atoms with Crippen LogP contribution in [-0.2, 0) is 14.8 Å². The molecule has 1 heterocycles. The molecule has 0 spiro atoms. The van der Waals surface area contributed by atoms with Gasteiger partial charge in [-0.25, -0.2) is 8.42 Å². The van der Waals surface area contributed by atoms with Crippen LogP contribution >= 0.6 is 46.3 Å². The van der Waals surface area contributed by atoms with Crippen LogP contribution < -0.4 is 9.62 Å². The van der Waals surface area contributed by atoms with Crippen molar-refractivity contribution in [3.8, 4) is 0 Å². The third kappa shape index (κ3) is 6.08. The Morgan fingerprint density at radius 2 is 2.00 bits per heavy atom. The summed E-state index contributed by atoms with van der Waals surface area (Å²) in [6.45, 7) is 5.08. The molecule has 0 radical (unpaired) electrons. The van der Waals surface area contributed by atoms with Gasteiger partial charge in [0.15, 0.2) is 4.34 Å². The summed E-state index contributed by atoms with van der Waals surface area (Å²) in [7, 11) is -3.79. The van der Waals surface area contributed by atoms with Gasteiger partial charge in [-0.1, -0.05) is 52.4 Å². The third-order valence-corrected chi connectivity index (χ3v) is 6.80. The topological polar surface area (TPSA) is 92.3 Å². The van der Waals surface area contributed by atoms with Gasteiger partial charge in [0.1, 0.15) is 6.04 Å². The van der Waals surface area contributed by atoms with Gasteiger partial charge in [0.25, 0.3) is 0 Å². The van der Waals surface area contributed by atoms with E-state index in [0.717, 1.165) is 10.6 Å². The number of anilines is 2. The summed E-state index contributed by atoms with van der Waals surface area (Å²) >= 11 is 14.6. The molecule has 0 aliphatic rings. The quantitative estimate of drug-likeness (QED) is 0.360. The van der Waals surface area contributed by atoms with Crippen LogP contribution in [-0.4, -0.2) is 42.6 Å². The molecule has 0 bridgehead atoms. The normalized spacial score (nSPS) is 12.4. The van der Waals surface area contributed by atoms with Gasteiger partial charge < -0.3 is 0 Å². The second-order valence-corrected chi connectivity index (χ2v) is 10.3. The zero-order chi connectivity index (χ0) is 20.2. The van der Waals surface area contributed by atoms with Crippen LogP contribution in [0.5, 0.6) is 0 Å². The molecule has 27 heavy (non-hydrogen) atoms. The van der Waals surface area contributed by atoms with E-state index < -0.39 is 22.0 Å². The van der Waals surface area contributed by atoms with E-state index in [-0.39, 0.29) is 20.9 Å². The molecule has 2 rings (SSSR count). The molecular weight excluding hydrogens is 451 g/mol. The van der Waals surface area contributed by atoms with Crippen LogP contribution in [0.15, 0.2) is 35.2 Å². The van der Waals surface area contributed by atoms with E-state index in [1.165, 1.54) is 48.2 Å². The predicted molar refractivity (Wildman–Crippen MR) is 113 cm³/mol. The van der Waals surface area contributed by atoms with Gasteiger partial charge in [0, 0.05) is 15.8 Å². The zero-order valence-electron chi connectivity index (χ0n) is 14.3. The molecule has 0 fully saturated rings. The average Bonchev–Trinajstić information content (AvgIpc) is 2.98. The molecule has 1 N–H and O–H groups in total. The van der Waals surface area contributed by atoms with Gasteiger partial charge in [0.2, 0.25) is 21.1 Å². The molecule has 1 atom stereocenters. The molecule has 7 nitrogen and oxygen atoms in total. The number of rotatable bonds is 8. The van der Waals surface area contributed by atoms with Crippen molar-refractivity contribution in [1.29, 1.82) is 0 Å². The van der Waals surface area contributed by atoms with Crippen LogP contribution in [0.1, 0.15) is 6.92 Å². The number of benzene rings is 1. The fraction of sp³-hybridized carbons (Fsp3) is 0.267. The number of nitrogens with zero attached hydrogens (tertiary/aromatic N) is 3. The van der Waals surface area contributed by atoms with Crippen LogP contribution in [0.25, 0.3) is 0 Å². The van der Waals surface area contributed by atoms with Crippen molar-refractivity contribution in [3.63, 3.8) is 0 Å². The Balaban J connectivity index is 2.24. The van der Waals surface area contributed by atoms with E-state index in [4.69, 9.17) is 23.2 Å². The van der Waals surface area contributed by atoms with Crippen molar-refractivity contribution >= 4 is 73.0 Å². The summed E-state index contributed by atoms with van der Waals surface area (Å²) in [5.41, 5.74) is 0.192. The van der Waals surface area contributed by atoms with Crippen molar-refractivity contribution in [2.24, 2.45) is 0 Å². The molecule has 0 saturated carbocycles. The molecular formula is C15H16Cl2N4O3S3. The maximum Gasteiger partial charge on any atom is 0.249 e. The second kappa shape index (κ2) is 9.24. The molecule has 1 aromatic carbocycles. The fourth-order valence-corrected chi connectivity index (χ4v) is 5.32. The number of sulfonamides is 1. The molecule has 0 saturated heterocycles. The Morgan fingerprint density at radius 1 is 1.37 bits per heavy atom. The smallest absolute Gasteiger partial charge is 0.249 e. The second-order valence-electron chi connectivity index (χ2n) is 5.32. The lowest BCUT2D eigenvalue weighted by molar-refractivity contribution is -0.116. The first-order chi connectivity index (χ1) is 12.6. The molecule has 0 aliphatic heterocycles. The van der Waals surface area contributed by atoms with E-state index >= 15 is 0 Å². The third-order valence-electron chi connectivity index (χ3n) is 3.15.